The van der Waals surface area contributed by atoms with Crippen LogP contribution < -0.4 is 0 Å². The molecule has 0 saturated heterocycles. The van der Waals surface area contributed by atoms with Gasteiger partial charge in [-0.25, -0.2) is 14.6 Å². The minimum Gasteiger partial charge on any atom is -0.299 e. The van der Waals surface area contributed by atoms with Gasteiger partial charge in [-0.05, 0) is 89.8 Å². The molecule has 6 nitrogen and oxygen atoms in total. The lowest BCUT2D eigenvalue weighted by Gasteiger charge is -2.77. The van der Waals surface area contributed by atoms with Gasteiger partial charge in [0.1, 0.15) is 5.78 Å². The molecule has 37 heavy (non-hydrogen) atoms. The molecule has 0 aliphatic heterocycles. The quantitative estimate of drug-likeness (QED) is 0.260. The molecular formula is C31H52O6. The van der Waals surface area contributed by atoms with Crippen molar-refractivity contribution in [3.8, 4) is 0 Å². The van der Waals surface area contributed by atoms with Gasteiger partial charge in [-0.1, -0.05) is 55.4 Å². The Bertz CT molecular complexity index is 935. The molecule has 4 aliphatic carbocycles. The van der Waals surface area contributed by atoms with E-state index in [9.17, 15) is 9.59 Å². The average molecular weight is 521 g/mol. The van der Waals surface area contributed by atoms with Crippen molar-refractivity contribution in [1.29, 1.82) is 0 Å². The zero-order chi connectivity index (χ0) is 27.7. The number of ketones is 1. The molecule has 212 valence electrons. The Balaban J connectivity index is 1.72. The molecule has 6 heteroatoms. The topological polar surface area (TPSA) is 71.1 Å². The third kappa shape index (κ3) is 3.40. The van der Waals surface area contributed by atoms with Crippen molar-refractivity contribution in [2.75, 3.05) is 14.2 Å². The van der Waals surface area contributed by atoms with Gasteiger partial charge in [0.05, 0.1) is 20.3 Å². The fourth-order valence-electron chi connectivity index (χ4n) is 11.0. The van der Waals surface area contributed by atoms with Crippen LogP contribution in [0, 0.1) is 43.8 Å². The van der Waals surface area contributed by atoms with Crippen LogP contribution in [-0.2, 0) is 29.1 Å². The maximum atomic E-state index is 14.6. The van der Waals surface area contributed by atoms with Crippen molar-refractivity contribution in [3.63, 3.8) is 0 Å². The Morgan fingerprint density at radius 2 is 1.46 bits per heavy atom. The minimum atomic E-state index is -0.414. The Kier molecular flexibility index (Phi) is 7.08. The number of carbonyl (C=O) groups is 2. The van der Waals surface area contributed by atoms with E-state index in [0.717, 1.165) is 51.4 Å². The van der Waals surface area contributed by atoms with Crippen LogP contribution in [0.4, 0.5) is 0 Å². The minimum absolute atomic E-state index is 0.00500. The summed E-state index contributed by atoms with van der Waals surface area (Å²) in [5, 5.41) is 0. The van der Waals surface area contributed by atoms with Crippen LogP contribution in [-0.4, -0.2) is 32.1 Å². The largest absolute Gasteiger partial charge is 0.342 e. The second kappa shape index (κ2) is 9.02. The van der Waals surface area contributed by atoms with Crippen LogP contribution in [0.25, 0.3) is 0 Å². The van der Waals surface area contributed by atoms with Gasteiger partial charge < -0.3 is 0 Å². The lowest BCUT2D eigenvalue weighted by molar-refractivity contribution is -0.335. The van der Waals surface area contributed by atoms with E-state index >= 15 is 0 Å². The van der Waals surface area contributed by atoms with Crippen molar-refractivity contribution >= 4 is 11.8 Å². The maximum Gasteiger partial charge on any atom is 0.342 e. The summed E-state index contributed by atoms with van der Waals surface area (Å²) in [5.41, 5.74) is -0.684. The SMILES string of the molecule is COOC(=O)CC[C@@H](C)[C@@]1(C)CC[C@]2(C)[C@]1(C)CC[C@]1(C)[C@@]3(C)CC[C@@H](OOC)C[C@@]3(C)CC(=O)[C@]12C. The van der Waals surface area contributed by atoms with Crippen molar-refractivity contribution in [1.82, 2.24) is 0 Å². The summed E-state index contributed by atoms with van der Waals surface area (Å²) in [4.78, 5) is 46.7. The summed E-state index contributed by atoms with van der Waals surface area (Å²) in [6.45, 7) is 19.3. The van der Waals surface area contributed by atoms with Gasteiger partial charge in [0, 0.05) is 18.3 Å². The summed E-state index contributed by atoms with van der Waals surface area (Å²) in [6.07, 6.45) is 8.97. The molecule has 4 aliphatic rings. The smallest absolute Gasteiger partial charge is 0.299 e. The normalized spacial score (nSPS) is 50.1. The predicted octanol–water partition coefficient (Wildman–Crippen LogP) is 7.24. The fourth-order valence-corrected chi connectivity index (χ4v) is 11.0. The van der Waals surface area contributed by atoms with E-state index in [1.165, 1.54) is 7.11 Å². The Morgan fingerprint density at radius 1 is 0.865 bits per heavy atom. The molecule has 0 radical (unpaired) electrons. The van der Waals surface area contributed by atoms with E-state index in [4.69, 9.17) is 14.7 Å². The van der Waals surface area contributed by atoms with Gasteiger partial charge in [-0.3, -0.25) is 9.68 Å². The second-order valence-corrected chi connectivity index (χ2v) is 14.7. The van der Waals surface area contributed by atoms with Crippen LogP contribution in [0.3, 0.4) is 0 Å². The first-order chi connectivity index (χ1) is 17.1. The van der Waals surface area contributed by atoms with Crippen molar-refractivity contribution < 1.29 is 29.1 Å². The van der Waals surface area contributed by atoms with Crippen LogP contribution >= 0.6 is 0 Å². The highest BCUT2D eigenvalue weighted by molar-refractivity contribution is 5.89. The van der Waals surface area contributed by atoms with E-state index < -0.39 is 5.41 Å². The van der Waals surface area contributed by atoms with Gasteiger partial charge in [0.2, 0.25) is 0 Å². The zero-order valence-electron chi connectivity index (χ0n) is 25.2. The lowest BCUT2D eigenvalue weighted by atomic mass is 9.26. The molecule has 0 heterocycles. The summed E-state index contributed by atoms with van der Waals surface area (Å²) >= 11 is 0. The Labute approximate surface area is 224 Å². The number of Topliss-reactive ketones (excluding diaryl/α,β-unsaturated/α-hetero) is 1. The number of carbonyl (C=O) groups excluding carboxylic acids is 2. The number of hydrogen-bond donors (Lipinski definition) is 0. The van der Waals surface area contributed by atoms with Crippen molar-refractivity contribution in [2.45, 2.75) is 126 Å². The molecule has 0 aromatic carbocycles. The monoisotopic (exact) mass is 520 g/mol. The number of fused-ring (bicyclic) bond motifs is 5. The van der Waals surface area contributed by atoms with Crippen LogP contribution in [0.15, 0.2) is 0 Å². The molecule has 4 fully saturated rings. The summed E-state index contributed by atoms with van der Waals surface area (Å²) in [6, 6.07) is 0. The molecule has 0 amide bonds. The summed E-state index contributed by atoms with van der Waals surface area (Å²) in [5.74, 6) is 0.467. The number of rotatable bonds is 7. The average Bonchev–Trinajstić information content (AvgIpc) is 3.05. The first kappa shape index (κ1) is 29.0. The van der Waals surface area contributed by atoms with Gasteiger partial charge >= 0.3 is 5.97 Å². The van der Waals surface area contributed by atoms with E-state index in [-0.39, 0.29) is 44.6 Å². The molecule has 9 atom stereocenters. The molecule has 4 rings (SSSR count). The van der Waals surface area contributed by atoms with E-state index in [1.54, 1.807) is 7.11 Å². The molecule has 4 saturated carbocycles. The van der Waals surface area contributed by atoms with Crippen molar-refractivity contribution in [2.24, 2.45) is 43.8 Å². The molecule has 0 spiro atoms. The second-order valence-electron chi connectivity index (χ2n) is 14.7. The molecule has 0 unspecified atom stereocenters. The Morgan fingerprint density at radius 3 is 2.08 bits per heavy atom. The molecule has 0 aromatic rings. The van der Waals surface area contributed by atoms with Gasteiger partial charge in [-0.15, -0.1) is 0 Å². The van der Waals surface area contributed by atoms with Crippen molar-refractivity contribution in [3.05, 3.63) is 0 Å². The number of hydrogen-bond acceptors (Lipinski definition) is 6. The highest BCUT2D eigenvalue weighted by Gasteiger charge is 2.81. The predicted molar refractivity (Wildman–Crippen MR) is 142 cm³/mol. The van der Waals surface area contributed by atoms with Crippen LogP contribution in [0.2, 0.25) is 0 Å². The van der Waals surface area contributed by atoms with Gasteiger partial charge in [0.15, 0.2) is 0 Å². The molecule has 0 aromatic heterocycles. The van der Waals surface area contributed by atoms with E-state index in [2.05, 4.69) is 60.3 Å². The van der Waals surface area contributed by atoms with Crippen LogP contribution in [0.5, 0.6) is 0 Å². The van der Waals surface area contributed by atoms with E-state index in [1.807, 2.05) is 0 Å². The molecule has 0 N–H and O–H groups in total. The van der Waals surface area contributed by atoms with Gasteiger partial charge in [-0.2, -0.15) is 4.89 Å². The van der Waals surface area contributed by atoms with Crippen LogP contribution in [0.1, 0.15) is 120 Å². The fraction of sp³-hybridized carbons (Fsp3) is 0.935. The Hall–Kier alpha value is -0.980. The lowest BCUT2D eigenvalue weighted by Crippen LogP contribution is -2.74. The summed E-state index contributed by atoms with van der Waals surface area (Å²) in [7, 11) is 2.96. The highest BCUT2D eigenvalue weighted by Crippen LogP contribution is 2.85. The van der Waals surface area contributed by atoms with E-state index in [0.29, 0.717) is 24.5 Å². The maximum absolute atomic E-state index is 14.6. The first-order valence-electron chi connectivity index (χ1n) is 14.5. The third-order valence-corrected chi connectivity index (χ3v) is 14.5. The summed E-state index contributed by atoms with van der Waals surface area (Å²) < 4.78 is 0. The first-order valence-corrected chi connectivity index (χ1v) is 14.5. The van der Waals surface area contributed by atoms with Gasteiger partial charge in [0.25, 0.3) is 0 Å². The molecule has 0 bridgehead atoms. The molecular weight excluding hydrogens is 468 g/mol. The third-order valence-electron chi connectivity index (χ3n) is 14.5. The highest BCUT2D eigenvalue weighted by atomic mass is 17.2. The standard InChI is InChI=1S/C31H52O6/c1-21(11-12-24(33)37-35-10)26(3)15-16-30(7)28(26,5)17-18-29(6)27(4)14-13-22(36-34-9)19-25(27,2)20-23(32)31(29,30)8/h21-22H,11-20H2,1-10H3/t21-,22-,25+,26-,27+,28-,29-,30-,31-/m1/s1. The zero-order valence-corrected chi connectivity index (χ0v) is 25.2.